The molecule has 2 heterocycles. The zero-order valence-corrected chi connectivity index (χ0v) is 9.38. The molecule has 0 saturated carbocycles. The van der Waals surface area contributed by atoms with Gasteiger partial charge in [0.25, 0.3) is 0 Å². The molecule has 3 rings (SSSR count). The molecule has 0 amide bonds. The number of halogens is 1. The van der Waals surface area contributed by atoms with E-state index in [0.29, 0.717) is 6.04 Å². The molecular formula is C13H17FN2. The molecule has 16 heavy (non-hydrogen) atoms. The molecule has 86 valence electrons. The Bertz CT molecular complexity index is 386. The van der Waals surface area contributed by atoms with E-state index >= 15 is 0 Å². The van der Waals surface area contributed by atoms with Crippen LogP contribution in [-0.2, 0) is 6.42 Å². The second kappa shape index (κ2) is 4.06. The van der Waals surface area contributed by atoms with Crippen LogP contribution < -0.4 is 5.32 Å². The van der Waals surface area contributed by atoms with Gasteiger partial charge in [0.15, 0.2) is 0 Å². The van der Waals surface area contributed by atoms with E-state index in [2.05, 4.69) is 10.2 Å². The van der Waals surface area contributed by atoms with Crippen molar-refractivity contribution in [1.29, 1.82) is 0 Å². The number of benzene rings is 1. The average Bonchev–Trinajstić information content (AvgIpc) is 2.83. The van der Waals surface area contributed by atoms with Crippen LogP contribution in [0.25, 0.3) is 0 Å². The standard InChI is InChI=1S/C13H17FN2/c14-12-4-3-5-13-11(12)8-10(9-15-13)16-6-1-2-7-16/h3-5,10,15H,1-2,6-9H2. The summed E-state index contributed by atoms with van der Waals surface area (Å²) in [5.41, 5.74) is 1.85. The van der Waals surface area contributed by atoms with E-state index in [9.17, 15) is 4.39 Å². The fraction of sp³-hybridized carbons (Fsp3) is 0.538. The third-order valence-corrected chi connectivity index (χ3v) is 3.74. The molecule has 0 spiro atoms. The molecular weight excluding hydrogens is 203 g/mol. The average molecular weight is 220 g/mol. The molecule has 1 saturated heterocycles. The van der Waals surface area contributed by atoms with Crippen molar-refractivity contribution in [2.75, 3.05) is 25.0 Å². The van der Waals surface area contributed by atoms with Gasteiger partial charge in [0.05, 0.1) is 0 Å². The molecule has 1 unspecified atom stereocenters. The molecule has 0 aliphatic carbocycles. The third kappa shape index (κ3) is 1.69. The summed E-state index contributed by atoms with van der Waals surface area (Å²) in [6, 6.07) is 5.79. The van der Waals surface area contributed by atoms with Gasteiger partial charge in [-0.3, -0.25) is 4.90 Å². The molecule has 0 bridgehead atoms. The zero-order chi connectivity index (χ0) is 11.0. The smallest absolute Gasteiger partial charge is 0.128 e. The number of fused-ring (bicyclic) bond motifs is 1. The van der Waals surface area contributed by atoms with Crippen LogP contribution in [0.4, 0.5) is 10.1 Å². The van der Waals surface area contributed by atoms with Crippen LogP contribution in [0, 0.1) is 5.82 Å². The van der Waals surface area contributed by atoms with E-state index in [1.165, 1.54) is 25.9 Å². The Morgan fingerprint density at radius 1 is 1.25 bits per heavy atom. The molecule has 0 radical (unpaired) electrons. The first kappa shape index (κ1) is 10.1. The van der Waals surface area contributed by atoms with Crippen molar-refractivity contribution < 1.29 is 4.39 Å². The van der Waals surface area contributed by atoms with E-state index in [0.717, 1.165) is 24.2 Å². The first-order valence-corrected chi connectivity index (χ1v) is 6.10. The van der Waals surface area contributed by atoms with Crippen LogP contribution in [0.5, 0.6) is 0 Å². The largest absolute Gasteiger partial charge is 0.383 e. The van der Waals surface area contributed by atoms with Crippen LogP contribution in [0.1, 0.15) is 18.4 Å². The van der Waals surface area contributed by atoms with Crippen molar-refractivity contribution in [1.82, 2.24) is 4.90 Å². The second-order valence-electron chi connectivity index (χ2n) is 4.75. The SMILES string of the molecule is Fc1cccc2c1CC(N1CCCC1)CN2. The Morgan fingerprint density at radius 2 is 2.06 bits per heavy atom. The van der Waals surface area contributed by atoms with Gasteiger partial charge in [0.1, 0.15) is 5.82 Å². The summed E-state index contributed by atoms with van der Waals surface area (Å²) < 4.78 is 13.7. The van der Waals surface area contributed by atoms with E-state index in [4.69, 9.17) is 0 Å². The summed E-state index contributed by atoms with van der Waals surface area (Å²) in [6.07, 6.45) is 3.44. The van der Waals surface area contributed by atoms with Gasteiger partial charge in [-0.25, -0.2) is 4.39 Å². The number of nitrogens with zero attached hydrogens (tertiary/aromatic N) is 1. The van der Waals surface area contributed by atoms with Gasteiger partial charge in [-0.05, 0) is 44.5 Å². The van der Waals surface area contributed by atoms with Gasteiger partial charge in [-0.15, -0.1) is 0 Å². The lowest BCUT2D eigenvalue weighted by Crippen LogP contribution is -2.42. The maximum Gasteiger partial charge on any atom is 0.128 e. The van der Waals surface area contributed by atoms with Crippen LogP contribution in [0.3, 0.4) is 0 Å². The Kier molecular flexibility index (Phi) is 2.56. The van der Waals surface area contributed by atoms with Gasteiger partial charge < -0.3 is 5.32 Å². The molecule has 1 N–H and O–H groups in total. The molecule has 1 aromatic carbocycles. The highest BCUT2D eigenvalue weighted by Gasteiger charge is 2.27. The Labute approximate surface area is 95.4 Å². The molecule has 2 aliphatic rings. The van der Waals surface area contributed by atoms with E-state index in [1.807, 2.05) is 6.07 Å². The minimum absolute atomic E-state index is 0.0612. The Morgan fingerprint density at radius 3 is 2.88 bits per heavy atom. The lowest BCUT2D eigenvalue weighted by atomic mass is 9.98. The minimum Gasteiger partial charge on any atom is -0.383 e. The maximum absolute atomic E-state index is 13.7. The van der Waals surface area contributed by atoms with Gasteiger partial charge in [0, 0.05) is 23.8 Å². The van der Waals surface area contributed by atoms with Crippen LogP contribution in [0.2, 0.25) is 0 Å². The summed E-state index contributed by atoms with van der Waals surface area (Å²) in [5.74, 6) is -0.0612. The predicted molar refractivity (Wildman–Crippen MR) is 63.2 cm³/mol. The molecule has 1 atom stereocenters. The minimum atomic E-state index is -0.0612. The van der Waals surface area contributed by atoms with Gasteiger partial charge in [-0.1, -0.05) is 6.07 Å². The number of anilines is 1. The number of likely N-dealkylation sites (tertiary alicyclic amines) is 1. The van der Waals surface area contributed by atoms with Gasteiger partial charge in [-0.2, -0.15) is 0 Å². The highest BCUT2D eigenvalue weighted by Crippen LogP contribution is 2.27. The first-order chi connectivity index (χ1) is 7.84. The third-order valence-electron chi connectivity index (χ3n) is 3.74. The predicted octanol–water partition coefficient (Wildman–Crippen LogP) is 2.26. The highest BCUT2D eigenvalue weighted by molar-refractivity contribution is 5.54. The molecule has 0 aromatic heterocycles. The lowest BCUT2D eigenvalue weighted by Gasteiger charge is -2.33. The first-order valence-electron chi connectivity index (χ1n) is 6.10. The van der Waals surface area contributed by atoms with E-state index in [-0.39, 0.29) is 5.82 Å². The van der Waals surface area contributed by atoms with Crippen molar-refractivity contribution in [2.24, 2.45) is 0 Å². The molecule has 1 fully saturated rings. The van der Waals surface area contributed by atoms with Crippen molar-refractivity contribution in [3.05, 3.63) is 29.6 Å². The van der Waals surface area contributed by atoms with Crippen molar-refractivity contribution >= 4 is 5.69 Å². The zero-order valence-electron chi connectivity index (χ0n) is 9.38. The highest BCUT2D eigenvalue weighted by atomic mass is 19.1. The molecule has 3 heteroatoms. The topological polar surface area (TPSA) is 15.3 Å². The van der Waals surface area contributed by atoms with Gasteiger partial charge in [0.2, 0.25) is 0 Å². The maximum atomic E-state index is 13.7. The molecule has 2 aliphatic heterocycles. The lowest BCUT2D eigenvalue weighted by molar-refractivity contribution is 0.245. The number of hydrogen-bond acceptors (Lipinski definition) is 2. The van der Waals surface area contributed by atoms with Crippen LogP contribution in [0.15, 0.2) is 18.2 Å². The summed E-state index contributed by atoms with van der Waals surface area (Å²) in [6.45, 7) is 3.31. The van der Waals surface area contributed by atoms with Crippen molar-refractivity contribution in [3.63, 3.8) is 0 Å². The van der Waals surface area contributed by atoms with Crippen molar-refractivity contribution in [2.45, 2.75) is 25.3 Å². The van der Waals surface area contributed by atoms with E-state index in [1.54, 1.807) is 12.1 Å². The quantitative estimate of drug-likeness (QED) is 0.781. The Balaban J connectivity index is 1.82. The molecule has 2 nitrogen and oxygen atoms in total. The summed E-state index contributed by atoms with van der Waals surface area (Å²) in [4.78, 5) is 2.49. The van der Waals surface area contributed by atoms with Crippen LogP contribution in [-0.4, -0.2) is 30.6 Å². The monoisotopic (exact) mass is 220 g/mol. The molecule has 1 aromatic rings. The normalized spacial score (nSPS) is 25.2. The fourth-order valence-corrected chi connectivity index (χ4v) is 2.83. The fourth-order valence-electron chi connectivity index (χ4n) is 2.83. The summed E-state index contributed by atoms with van der Waals surface area (Å²) in [5, 5.41) is 3.35. The summed E-state index contributed by atoms with van der Waals surface area (Å²) >= 11 is 0. The van der Waals surface area contributed by atoms with Crippen LogP contribution >= 0.6 is 0 Å². The van der Waals surface area contributed by atoms with E-state index < -0.39 is 0 Å². The number of nitrogens with one attached hydrogen (secondary N) is 1. The Hall–Kier alpha value is -1.09. The summed E-state index contributed by atoms with van der Waals surface area (Å²) in [7, 11) is 0. The number of hydrogen-bond donors (Lipinski definition) is 1. The van der Waals surface area contributed by atoms with Gasteiger partial charge >= 0.3 is 0 Å². The number of rotatable bonds is 1. The van der Waals surface area contributed by atoms with Crippen molar-refractivity contribution in [3.8, 4) is 0 Å². The second-order valence-corrected chi connectivity index (χ2v) is 4.75.